The third-order valence-corrected chi connectivity index (χ3v) is 6.39. The first kappa shape index (κ1) is 18.4. The maximum absolute atomic E-state index is 13.3. The molecule has 1 saturated carbocycles. The third kappa shape index (κ3) is 2.91. The number of aryl methyl sites for hydroxylation is 1. The molecule has 6 rings (SSSR count). The summed E-state index contributed by atoms with van der Waals surface area (Å²) in [5.74, 6) is 2.12. The minimum atomic E-state index is -0.524. The lowest BCUT2D eigenvalue weighted by atomic mass is 10.2. The largest absolute Gasteiger partial charge is 0.356 e. The normalized spacial score (nSPS) is 22.3. The number of imidazole rings is 1. The van der Waals surface area contributed by atoms with Crippen molar-refractivity contribution < 1.29 is 8.91 Å². The average molecular weight is 443 g/mol. The van der Waals surface area contributed by atoms with Gasteiger partial charge in [0.05, 0.1) is 17.5 Å². The predicted molar refractivity (Wildman–Crippen MR) is 107 cm³/mol. The number of rotatable bonds is 4. The molecule has 4 aromatic heterocycles. The number of hydrogen-bond donors (Lipinski definition) is 0. The van der Waals surface area contributed by atoms with Crippen LogP contribution in [0.25, 0.3) is 11.2 Å². The van der Waals surface area contributed by atoms with Crippen molar-refractivity contribution >= 4 is 28.6 Å². The molecule has 10 nitrogen and oxygen atoms in total. The summed E-state index contributed by atoms with van der Waals surface area (Å²) in [5.41, 5.74) is 0.616. The van der Waals surface area contributed by atoms with Gasteiger partial charge in [-0.1, -0.05) is 16.8 Å². The quantitative estimate of drug-likeness (QED) is 0.469. The average Bonchev–Trinajstić information content (AvgIpc) is 3.18. The standard InChI is InChI=1S/C19H16ClFN8O2/c1-27-7-23-18-16(27)19(30)29(8-24-18)6-14-25-17(26-31-14)15-9-4-28(5-10(9)15)13-2-11(20)12(21)3-22-13/h2-3,7-10,15H,4-6H2,1H3/t9-,10+,15+. The maximum atomic E-state index is 13.3. The van der Waals surface area contributed by atoms with Crippen LogP contribution in [0.1, 0.15) is 17.6 Å². The molecule has 31 heavy (non-hydrogen) atoms. The molecule has 12 heteroatoms. The molecule has 0 unspecified atom stereocenters. The van der Waals surface area contributed by atoms with Crippen LogP contribution in [0.15, 0.2) is 34.2 Å². The minimum Gasteiger partial charge on any atom is -0.356 e. The van der Waals surface area contributed by atoms with E-state index in [1.165, 1.54) is 10.9 Å². The third-order valence-electron chi connectivity index (χ3n) is 6.10. The van der Waals surface area contributed by atoms with E-state index < -0.39 is 5.82 Å². The van der Waals surface area contributed by atoms with E-state index in [0.717, 1.165) is 19.3 Å². The number of aromatic nitrogens is 7. The van der Waals surface area contributed by atoms with Crippen LogP contribution in [0, 0.1) is 17.7 Å². The maximum Gasteiger partial charge on any atom is 0.280 e. The highest BCUT2D eigenvalue weighted by molar-refractivity contribution is 6.30. The number of anilines is 1. The van der Waals surface area contributed by atoms with Crippen LogP contribution >= 0.6 is 11.6 Å². The lowest BCUT2D eigenvalue weighted by Gasteiger charge is -2.20. The van der Waals surface area contributed by atoms with Gasteiger partial charge < -0.3 is 14.0 Å². The summed E-state index contributed by atoms with van der Waals surface area (Å²) >= 11 is 5.87. The fourth-order valence-electron chi connectivity index (χ4n) is 4.47. The SMILES string of the molecule is Cn1cnc2ncn(Cc3nc([C@H]4[C@@H]5CN(c6cc(Cl)c(F)cn6)C[C@@H]54)no3)c(=O)c21. The van der Waals surface area contributed by atoms with E-state index in [1.54, 1.807) is 24.0 Å². The van der Waals surface area contributed by atoms with Crippen LogP contribution in [0.2, 0.25) is 5.02 Å². The molecule has 0 spiro atoms. The van der Waals surface area contributed by atoms with Gasteiger partial charge in [-0.3, -0.25) is 9.36 Å². The van der Waals surface area contributed by atoms with Crippen molar-refractivity contribution in [3.63, 3.8) is 0 Å². The Kier molecular flexibility index (Phi) is 3.91. The lowest BCUT2D eigenvalue weighted by molar-refractivity contribution is 0.363. The molecule has 0 N–H and O–H groups in total. The topological polar surface area (TPSA) is 108 Å². The van der Waals surface area contributed by atoms with Crippen LogP contribution in [0.4, 0.5) is 10.2 Å². The summed E-state index contributed by atoms with van der Waals surface area (Å²) in [5, 5.41) is 4.20. The zero-order valence-electron chi connectivity index (χ0n) is 16.3. The number of nitrogens with zero attached hydrogens (tertiary/aromatic N) is 8. The van der Waals surface area contributed by atoms with Crippen molar-refractivity contribution in [2.45, 2.75) is 12.5 Å². The molecular formula is C19H16ClFN8O2. The van der Waals surface area contributed by atoms with E-state index in [4.69, 9.17) is 16.1 Å². The summed E-state index contributed by atoms with van der Waals surface area (Å²) in [6.45, 7) is 1.69. The molecule has 0 radical (unpaired) electrons. The summed E-state index contributed by atoms with van der Waals surface area (Å²) in [4.78, 5) is 31.7. The van der Waals surface area contributed by atoms with E-state index in [-0.39, 0.29) is 23.0 Å². The lowest BCUT2D eigenvalue weighted by Crippen LogP contribution is -2.24. The fourth-order valence-corrected chi connectivity index (χ4v) is 4.62. The Morgan fingerprint density at radius 2 is 2.00 bits per heavy atom. The molecule has 4 aromatic rings. The fraction of sp³-hybridized carbons (Fsp3) is 0.368. The first-order valence-corrected chi connectivity index (χ1v) is 10.1. The summed E-state index contributed by atoms with van der Waals surface area (Å²) in [6.07, 6.45) is 4.13. The second-order valence-electron chi connectivity index (χ2n) is 7.97. The van der Waals surface area contributed by atoms with Gasteiger partial charge in [0, 0.05) is 32.1 Å². The van der Waals surface area contributed by atoms with Gasteiger partial charge >= 0.3 is 0 Å². The second kappa shape index (κ2) is 6.58. The molecule has 0 amide bonds. The molecule has 5 heterocycles. The molecule has 0 bridgehead atoms. The van der Waals surface area contributed by atoms with Gasteiger partial charge in [0.25, 0.3) is 5.56 Å². The number of hydrogen-bond acceptors (Lipinski definition) is 8. The summed E-state index contributed by atoms with van der Waals surface area (Å²) in [7, 11) is 1.75. The monoisotopic (exact) mass is 442 g/mol. The van der Waals surface area contributed by atoms with Crippen molar-refractivity contribution in [3.8, 4) is 0 Å². The van der Waals surface area contributed by atoms with E-state index in [1.807, 2.05) is 0 Å². The molecule has 2 fully saturated rings. The first-order chi connectivity index (χ1) is 15.0. The molecule has 1 aliphatic carbocycles. The molecule has 1 aliphatic heterocycles. The van der Waals surface area contributed by atoms with Crippen molar-refractivity contribution in [1.82, 2.24) is 34.2 Å². The second-order valence-corrected chi connectivity index (χ2v) is 8.37. The van der Waals surface area contributed by atoms with Gasteiger partial charge in [0.2, 0.25) is 5.89 Å². The molecule has 0 aromatic carbocycles. The van der Waals surface area contributed by atoms with E-state index >= 15 is 0 Å². The number of pyridine rings is 1. The Hall–Kier alpha value is -3.34. The Morgan fingerprint density at radius 1 is 1.23 bits per heavy atom. The van der Waals surface area contributed by atoms with E-state index in [0.29, 0.717) is 40.5 Å². The van der Waals surface area contributed by atoms with Gasteiger partial charge in [-0.05, 0) is 11.8 Å². The van der Waals surface area contributed by atoms with Gasteiger partial charge in [-0.2, -0.15) is 4.98 Å². The van der Waals surface area contributed by atoms with Gasteiger partial charge in [0.15, 0.2) is 22.8 Å². The smallest absolute Gasteiger partial charge is 0.280 e. The minimum absolute atomic E-state index is 0.0685. The zero-order valence-corrected chi connectivity index (χ0v) is 17.1. The predicted octanol–water partition coefficient (Wildman–Crippen LogP) is 1.60. The van der Waals surface area contributed by atoms with E-state index in [9.17, 15) is 9.18 Å². The zero-order chi connectivity index (χ0) is 21.3. The number of fused-ring (bicyclic) bond motifs is 2. The van der Waals surface area contributed by atoms with Gasteiger partial charge in [-0.15, -0.1) is 0 Å². The molecular weight excluding hydrogens is 427 g/mol. The Balaban J connectivity index is 1.16. The highest BCUT2D eigenvalue weighted by Gasteiger charge is 2.58. The Bertz CT molecular complexity index is 1370. The highest BCUT2D eigenvalue weighted by Crippen LogP contribution is 2.57. The van der Waals surface area contributed by atoms with Crippen LogP contribution in [-0.4, -0.2) is 47.3 Å². The van der Waals surface area contributed by atoms with Crippen molar-refractivity contribution in [2.24, 2.45) is 18.9 Å². The van der Waals surface area contributed by atoms with Gasteiger partial charge in [-0.25, -0.2) is 19.3 Å². The van der Waals surface area contributed by atoms with Crippen molar-refractivity contribution in [2.75, 3.05) is 18.0 Å². The summed E-state index contributed by atoms with van der Waals surface area (Å²) < 4.78 is 21.8. The Labute approximate surface area is 179 Å². The molecule has 2 aliphatic rings. The van der Waals surface area contributed by atoms with Crippen molar-refractivity contribution in [1.29, 1.82) is 0 Å². The molecule has 1 saturated heterocycles. The first-order valence-electron chi connectivity index (χ1n) is 9.74. The molecule has 158 valence electrons. The summed E-state index contributed by atoms with van der Waals surface area (Å²) in [6, 6.07) is 1.55. The highest BCUT2D eigenvalue weighted by atomic mass is 35.5. The van der Waals surface area contributed by atoms with Gasteiger partial charge in [0.1, 0.15) is 18.7 Å². The number of piperidine rings is 1. The van der Waals surface area contributed by atoms with Crippen LogP contribution in [-0.2, 0) is 13.6 Å². The van der Waals surface area contributed by atoms with Crippen LogP contribution in [0.3, 0.4) is 0 Å². The van der Waals surface area contributed by atoms with Crippen LogP contribution in [0.5, 0.6) is 0 Å². The van der Waals surface area contributed by atoms with Crippen LogP contribution < -0.4 is 10.5 Å². The Morgan fingerprint density at radius 3 is 2.77 bits per heavy atom. The number of halogens is 2. The van der Waals surface area contributed by atoms with Crippen molar-refractivity contribution in [3.05, 3.63) is 57.8 Å². The molecule has 3 atom stereocenters. The van der Waals surface area contributed by atoms with E-state index in [2.05, 4.69) is 30.0 Å².